The third-order valence-corrected chi connectivity index (χ3v) is 7.65. The van der Waals surface area contributed by atoms with Crippen LogP contribution in [0.4, 0.5) is 0 Å². The highest BCUT2D eigenvalue weighted by molar-refractivity contribution is 5.87. The van der Waals surface area contributed by atoms with E-state index in [1.165, 1.54) is 30.0 Å². The first kappa shape index (κ1) is 25.7. The topological polar surface area (TPSA) is 94.3 Å². The van der Waals surface area contributed by atoms with Gasteiger partial charge in [-0.1, -0.05) is 49.0 Å². The number of nitrogens with two attached hydrogens (primary N) is 1. The van der Waals surface area contributed by atoms with Gasteiger partial charge < -0.3 is 10.6 Å². The molecule has 1 aliphatic heterocycles. The number of amides is 1. The van der Waals surface area contributed by atoms with Crippen LogP contribution in [-0.4, -0.2) is 54.3 Å². The molecule has 8 heteroatoms. The zero-order valence-electron chi connectivity index (χ0n) is 22.5. The molecule has 7 rings (SSSR count). The quantitative estimate of drug-likeness (QED) is 0.334. The van der Waals surface area contributed by atoms with Gasteiger partial charge in [-0.3, -0.25) is 4.79 Å². The van der Waals surface area contributed by atoms with Crippen molar-refractivity contribution in [1.82, 2.24) is 29.3 Å². The molecule has 8 nitrogen and oxygen atoms in total. The molecule has 0 saturated carbocycles. The summed E-state index contributed by atoms with van der Waals surface area (Å²) in [6.45, 7) is 5.00. The zero-order valence-corrected chi connectivity index (χ0v) is 22.5. The van der Waals surface area contributed by atoms with Crippen molar-refractivity contribution in [3.05, 3.63) is 103 Å². The molecule has 1 amide bonds. The van der Waals surface area contributed by atoms with Crippen molar-refractivity contribution < 1.29 is 4.79 Å². The molecule has 0 bridgehead atoms. The summed E-state index contributed by atoms with van der Waals surface area (Å²) in [4.78, 5) is 17.8. The number of imidazole rings is 1. The Morgan fingerprint density at radius 2 is 1.75 bits per heavy atom. The SMILES string of the molecule is C=CC(=O)N1CCC(N)CC1.c1ccc(-c2c(-c3ccc4c(c3)CCC4)nc3ccc(-n4cccn4)nn23)cc1. The molecular formula is C32H33N7O. The molecule has 2 aliphatic rings. The van der Waals surface area contributed by atoms with Gasteiger partial charge in [0.1, 0.15) is 5.69 Å². The maximum atomic E-state index is 11.0. The zero-order chi connectivity index (χ0) is 27.5. The van der Waals surface area contributed by atoms with Crippen LogP contribution in [0.25, 0.3) is 34.0 Å². The van der Waals surface area contributed by atoms with E-state index in [0.717, 1.165) is 66.3 Å². The van der Waals surface area contributed by atoms with E-state index in [-0.39, 0.29) is 11.9 Å². The van der Waals surface area contributed by atoms with Crippen LogP contribution in [0.3, 0.4) is 0 Å². The predicted molar refractivity (Wildman–Crippen MR) is 157 cm³/mol. The van der Waals surface area contributed by atoms with Crippen LogP contribution in [-0.2, 0) is 17.6 Å². The highest BCUT2D eigenvalue weighted by atomic mass is 16.2. The molecule has 4 heterocycles. The van der Waals surface area contributed by atoms with E-state index in [1.54, 1.807) is 15.8 Å². The highest BCUT2D eigenvalue weighted by Crippen LogP contribution is 2.35. The van der Waals surface area contributed by atoms with Crippen LogP contribution in [0.2, 0.25) is 0 Å². The molecule has 0 atom stereocenters. The van der Waals surface area contributed by atoms with E-state index < -0.39 is 0 Å². The van der Waals surface area contributed by atoms with Gasteiger partial charge in [0.25, 0.3) is 0 Å². The van der Waals surface area contributed by atoms with Crippen LogP contribution >= 0.6 is 0 Å². The fraction of sp³-hybridized carbons (Fsp3) is 0.250. The van der Waals surface area contributed by atoms with Gasteiger partial charge in [0.2, 0.25) is 5.91 Å². The van der Waals surface area contributed by atoms with Crippen LogP contribution in [0.1, 0.15) is 30.4 Å². The molecule has 1 aliphatic carbocycles. The van der Waals surface area contributed by atoms with Crippen LogP contribution in [0.15, 0.2) is 91.8 Å². The van der Waals surface area contributed by atoms with Crippen molar-refractivity contribution in [2.45, 2.75) is 38.1 Å². The number of aryl methyl sites for hydroxylation is 2. The fourth-order valence-electron chi connectivity index (χ4n) is 5.47. The van der Waals surface area contributed by atoms with Gasteiger partial charge in [0, 0.05) is 42.7 Å². The van der Waals surface area contributed by atoms with E-state index in [2.05, 4.69) is 54.1 Å². The van der Waals surface area contributed by atoms with Crippen molar-refractivity contribution in [2.75, 3.05) is 13.1 Å². The standard InChI is InChI=1S/C24H19N5.C8H14N2O/c1-2-6-18(7-3-1)24-23(20-11-10-17-8-4-9-19(17)16-20)26-21-12-13-22(27-29(21)24)28-15-5-14-25-28;1-2-8(11)10-5-3-7(9)4-6-10/h1-3,5-7,10-16H,4,8-9H2;2,7H,1,3-6,9H2. The lowest BCUT2D eigenvalue weighted by atomic mass is 10.0. The van der Waals surface area contributed by atoms with E-state index >= 15 is 0 Å². The number of fused-ring (bicyclic) bond motifs is 2. The Hall–Kier alpha value is -4.56. The summed E-state index contributed by atoms with van der Waals surface area (Å²) in [7, 11) is 0. The van der Waals surface area contributed by atoms with E-state index in [4.69, 9.17) is 15.8 Å². The molecule has 2 aromatic carbocycles. The van der Waals surface area contributed by atoms with Gasteiger partial charge in [0.15, 0.2) is 11.5 Å². The minimum Gasteiger partial charge on any atom is -0.339 e. The normalized spacial score (nSPS) is 15.0. The third-order valence-electron chi connectivity index (χ3n) is 7.65. The lowest BCUT2D eigenvalue weighted by Gasteiger charge is -2.29. The van der Waals surface area contributed by atoms with Crippen molar-refractivity contribution >= 4 is 11.6 Å². The second-order valence-corrected chi connectivity index (χ2v) is 10.3. The first-order valence-electron chi connectivity index (χ1n) is 13.8. The average Bonchev–Trinajstić information content (AvgIpc) is 3.77. The number of piperidine rings is 1. The minimum absolute atomic E-state index is 0.0249. The maximum absolute atomic E-state index is 11.0. The van der Waals surface area contributed by atoms with Gasteiger partial charge in [-0.15, -0.1) is 5.10 Å². The Labute approximate surface area is 233 Å². The van der Waals surface area contributed by atoms with Gasteiger partial charge in [-0.25, -0.2) is 14.2 Å². The van der Waals surface area contributed by atoms with Crippen LogP contribution in [0, 0.1) is 0 Å². The molecule has 202 valence electrons. The number of benzene rings is 2. The summed E-state index contributed by atoms with van der Waals surface area (Å²) in [6.07, 6.45) is 10.4. The molecule has 0 unspecified atom stereocenters. The number of aromatic nitrogens is 5. The number of carbonyl (C=O) groups excluding carboxylic acids is 1. The Morgan fingerprint density at radius 3 is 2.50 bits per heavy atom. The van der Waals surface area contributed by atoms with E-state index in [1.807, 2.05) is 35.0 Å². The number of hydrogen-bond acceptors (Lipinski definition) is 5. The summed E-state index contributed by atoms with van der Waals surface area (Å²) >= 11 is 0. The number of carbonyl (C=O) groups is 1. The second kappa shape index (κ2) is 11.3. The van der Waals surface area contributed by atoms with Crippen LogP contribution < -0.4 is 5.73 Å². The summed E-state index contributed by atoms with van der Waals surface area (Å²) < 4.78 is 3.71. The number of hydrogen-bond donors (Lipinski definition) is 1. The Morgan fingerprint density at radius 1 is 0.950 bits per heavy atom. The molecule has 1 fully saturated rings. The molecule has 40 heavy (non-hydrogen) atoms. The number of nitrogens with zero attached hydrogens (tertiary/aromatic N) is 6. The van der Waals surface area contributed by atoms with Gasteiger partial charge in [0.05, 0.1) is 5.69 Å². The summed E-state index contributed by atoms with van der Waals surface area (Å²) in [5.74, 6) is 0.787. The lowest BCUT2D eigenvalue weighted by molar-refractivity contribution is -0.126. The van der Waals surface area contributed by atoms with Gasteiger partial charge in [-0.2, -0.15) is 5.10 Å². The molecule has 0 radical (unpaired) electrons. The Balaban J connectivity index is 0.000000223. The molecule has 2 N–H and O–H groups in total. The summed E-state index contributed by atoms with van der Waals surface area (Å²) in [5.41, 5.74) is 13.6. The number of likely N-dealkylation sites (tertiary alicyclic amines) is 1. The molecule has 1 saturated heterocycles. The second-order valence-electron chi connectivity index (χ2n) is 10.3. The van der Waals surface area contributed by atoms with Gasteiger partial charge in [-0.05, 0) is 73.6 Å². The van der Waals surface area contributed by atoms with E-state index in [9.17, 15) is 4.79 Å². The van der Waals surface area contributed by atoms with Gasteiger partial charge >= 0.3 is 0 Å². The first-order chi connectivity index (χ1) is 19.6. The van der Waals surface area contributed by atoms with Crippen molar-refractivity contribution in [3.63, 3.8) is 0 Å². The maximum Gasteiger partial charge on any atom is 0.245 e. The van der Waals surface area contributed by atoms with Crippen LogP contribution in [0.5, 0.6) is 0 Å². The average molecular weight is 532 g/mol. The van der Waals surface area contributed by atoms with Crippen molar-refractivity contribution in [1.29, 1.82) is 0 Å². The smallest absolute Gasteiger partial charge is 0.245 e. The molecule has 3 aromatic heterocycles. The minimum atomic E-state index is 0.0249. The fourth-order valence-corrected chi connectivity index (χ4v) is 5.47. The summed E-state index contributed by atoms with van der Waals surface area (Å²) in [6, 6.07) is 23.3. The van der Waals surface area contributed by atoms with Crippen molar-refractivity contribution in [2.24, 2.45) is 5.73 Å². The highest BCUT2D eigenvalue weighted by Gasteiger charge is 2.20. The lowest BCUT2D eigenvalue weighted by Crippen LogP contribution is -2.42. The third kappa shape index (κ3) is 5.18. The largest absolute Gasteiger partial charge is 0.339 e. The number of rotatable bonds is 4. The van der Waals surface area contributed by atoms with Crippen molar-refractivity contribution in [3.8, 4) is 28.3 Å². The predicted octanol–water partition coefficient (Wildman–Crippen LogP) is 4.86. The monoisotopic (exact) mass is 531 g/mol. The Bertz CT molecular complexity index is 1630. The first-order valence-corrected chi connectivity index (χ1v) is 13.8. The van der Waals surface area contributed by atoms with E-state index in [0.29, 0.717) is 0 Å². The molecule has 0 spiro atoms. The Kier molecular flexibility index (Phi) is 7.25. The summed E-state index contributed by atoms with van der Waals surface area (Å²) in [5, 5.41) is 9.19. The molecular weight excluding hydrogens is 498 g/mol. The molecule has 5 aromatic rings.